The molecule has 5 aliphatic rings. The Labute approximate surface area is 404 Å². The minimum atomic E-state index is -2.48. The Morgan fingerprint density at radius 1 is 0.957 bits per heavy atom. The Morgan fingerprint density at radius 2 is 1.61 bits per heavy atom. The van der Waals surface area contributed by atoms with Gasteiger partial charge in [-0.05, 0) is 83.6 Å². The lowest BCUT2D eigenvalue weighted by Crippen LogP contribution is -2.81. The Kier molecular flexibility index (Phi) is 15.5. The van der Waals surface area contributed by atoms with Gasteiger partial charge >= 0.3 is 42.1 Å². The van der Waals surface area contributed by atoms with Gasteiger partial charge in [0.15, 0.2) is 11.4 Å². The molecule has 1 saturated heterocycles. The maximum absolute atomic E-state index is 15.1. The number of aliphatic hydroxyl groups is 3. The number of alkyl carbamates (subject to hydrolysis) is 1. The number of nitrogens with one attached hydrogen (secondary N) is 1. The molecule has 0 unspecified atom stereocenters. The van der Waals surface area contributed by atoms with Crippen molar-refractivity contribution in [3.63, 3.8) is 0 Å². The lowest BCUT2D eigenvalue weighted by molar-refractivity contribution is -0.346. The first-order valence-electron chi connectivity index (χ1n) is 23.1. The molecule has 0 spiro atoms. The van der Waals surface area contributed by atoms with E-state index in [0.717, 1.165) is 6.92 Å². The fraction of sp³-hybridized carbons (Fsp3) is 0.667. The Bertz CT molecular complexity index is 2260. The summed E-state index contributed by atoms with van der Waals surface area (Å²) in [6.07, 6.45) is -13.6. The topological polar surface area (TPSA) is 318 Å². The second kappa shape index (κ2) is 20.2. The highest BCUT2D eigenvalue weighted by Gasteiger charge is 2.78. The molecule has 2 bridgehead atoms. The van der Waals surface area contributed by atoms with Crippen molar-refractivity contribution in [2.24, 2.45) is 28.4 Å². The fourth-order valence-electron chi connectivity index (χ4n) is 10.4. The van der Waals surface area contributed by atoms with E-state index >= 15 is 4.79 Å². The third-order valence-electron chi connectivity index (χ3n) is 14.1. The number of fused-ring (bicyclic) bond motifs is 5. The summed E-state index contributed by atoms with van der Waals surface area (Å²) >= 11 is 0. The van der Waals surface area contributed by atoms with E-state index in [9.17, 15) is 48.9 Å². The van der Waals surface area contributed by atoms with Gasteiger partial charge in [-0.1, -0.05) is 32.0 Å². The fourth-order valence-corrected chi connectivity index (χ4v) is 10.4. The second-order valence-corrected chi connectivity index (χ2v) is 20.2. The molecule has 1 amide bonds. The van der Waals surface area contributed by atoms with Crippen LogP contribution in [0.2, 0.25) is 0 Å². The molecule has 22 nitrogen and oxygen atoms in total. The molecule has 4 aliphatic carbocycles. The summed E-state index contributed by atoms with van der Waals surface area (Å²) in [5.41, 5.74) is -3.55. The van der Waals surface area contributed by atoms with Crippen molar-refractivity contribution in [2.75, 3.05) is 20.0 Å². The van der Waals surface area contributed by atoms with Crippen LogP contribution in [0.1, 0.15) is 105 Å². The van der Waals surface area contributed by atoms with E-state index in [1.54, 1.807) is 45.9 Å². The number of amides is 1. The van der Waals surface area contributed by atoms with Crippen LogP contribution in [0.5, 0.6) is 0 Å². The number of ketones is 1. The van der Waals surface area contributed by atoms with Gasteiger partial charge in [-0.3, -0.25) is 19.2 Å². The predicted molar refractivity (Wildman–Crippen MR) is 236 cm³/mol. The summed E-state index contributed by atoms with van der Waals surface area (Å²) in [6.45, 7) is 11.8. The smallest absolute Gasteiger partial charge is 0.465 e. The highest BCUT2D eigenvalue weighted by atomic mass is 16.8. The van der Waals surface area contributed by atoms with Gasteiger partial charge in [0.2, 0.25) is 12.9 Å². The van der Waals surface area contributed by atoms with Crippen LogP contribution in [0, 0.1) is 22.7 Å². The molecule has 12 atom stereocenters. The molecule has 1 aromatic carbocycles. The number of aliphatic hydroxyl groups excluding tert-OH is 2. The first kappa shape index (κ1) is 53.7. The molecular formula is C48H64N2O20. The van der Waals surface area contributed by atoms with Crippen molar-refractivity contribution < 1.29 is 96.3 Å². The number of nitrogens with two attached hydrogens (primary N) is 1. The van der Waals surface area contributed by atoms with Gasteiger partial charge in [0, 0.05) is 25.2 Å². The number of esters is 5. The zero-order valence-electron chi connectivity index (χ0n) is 40.7. The van der Waals surface area contributed by atoms with Crippen LogP contribution in [0.25, 0.3) is 0 Å². The molecule has 22 heteroatoms. The van der Waals surface area contributed by atoms with Crippen LogP contribution in [0.3, 0.4) is 0 Å². The van der Waals surface area contributed by atoms with E-state index in [1.165, 1.54) is 39.8 Å². The van der Waals surface area contributed by atoms with Gasteiger partial charge in [0.1, 0.15) is 41.7 Å². The number of rotatable bonds is 15. The van der Waals surface area contributed by atoms with Gasteiger partial charge in [-0.25, -0.2) is 19.2 Å². The maximum Gasteiger partial charge on any atom is 0.512 e. The average molecular weight is 989 g/mol. The van der Waals surface area contributed by atoms with Crippen LogP contribution in [0.15, 0.2) is 41.5 Å². The monoisotopic (exact) mass is 988 g/mol. The number of hydrogen-bond acceptors (Lipinski definition) is 21. The van der Waals surface area contributed by atoms with Gasteiger partial charge in [-0.2, -0.15) is 0 Å². The quantitative estimate of drug-likeness (QED) is 0.0728. The van der Waals surface area contributed by atoms with E-state index in [-0.39, 0.29) is 36.3 Å². The molecule has 1 heterocycles. The van der Waals surface area contributed by atoms with Gasteiger partial charge < -0.3 is 69.0 Å². The van der Waals surface area contributed by atoms with E-state index in [4.69, 9.17) is 48.4 Å². The molecular weight excluding hydrogens is 925 g/mol. The largest absolute Gasteiger partial charge is 0.512 e. The van der Waals surface area contributed by atoms with Crippen LogP contribution in [-0.4, -0.2) is 149 Å². The van der Waals surface area contributed by atoms with E-state index < -0.39 is 156 Å². The van der Waals surface area contributed by atoms with Crippen LogP contribution in [-0.2, 0) is 66.6 Å². The number of carbonyl (C=O) groups excluding carboxylic acids is 8. The SMILES string of the molecule is CCOC(=O)[C@@H](N)CC(=O)OCOC(=O)O[C@@H](C(=O)O[C@H]1C[C@@]2(O)[C@@H](OC(=O)c3ccccc3)[C@@H]3[C@]4(OC(C)=O)CO[C@@H]4C[C@H](O)[C@@]3(C)C(=O)[C@H](O)C(=C1C)C2(C)C)[C@@H](NC(=O)OC(C)(C)C)C1CC1. The first-order valence-corrected chi connectivity index (χ1v) is 23.1. The van der Waals surface area contributed by atoms with Crippen LogP contribution in [0.4, 0.5) is 9.59 Å². The maximum atomic E-state index is 15.1. The van der Waals surface area contributed by atoms with Crippen molar-refractivity contribution >= 4 is 47.9 Å². The van der Waals surface area contributed by atoms with Crippen molar-refractivity contribution in [1.29, 1.82) is 0 Å². The number of ether oxygens (including phenoxy) is 9. The molecule has 6 rings (SSSR count). The van der Waals surface area contributed by atoms with Gasteiger partial charge in [-0.15, -0.1) is 0 Å². The zero-order chi connectivity index (χ0) is 51.9. The molecule has 386 valence electrons. The number of benzene rings is 1. The lowest BCUT2D eigenvalue weighted by atomic mass is 9.44. The van der Waals surface area contributed by atoms with Crippen LogP contribution >= 0.6 is 0 Å². The Morgan fingerprint density at radius 3 is 2.19 bits per heavy atom. The summed E-state index contributed by atoms with van der Waals surface area (Å²) in [5.74, 6) is -8.15. The van der Waals surface area contributed by atoms with Gasteiger partial charge in [0.05, 0.1) is 48.7 Å². The number of carbonyl (C=O) groups is 8. The summed E-state index contributed by atoms with van der Waals surface area (Å²) in [7, 11) is 0. The standard InChI is InChI=1S/C48H64N2O20/c1-10-62-40(57)27(49)18-31(53)64-22-65-43(60)67-35(33(25-16-17-25)50-42(59)70-44(4,5)6)41(58)66-28-20-48(61)38(68-39(56)26-14-12-11-13-15-26)36-46(9,37(55)34(54)32(23(28)2)45(48,7)8)29(52)19-30-47(36,21-63-30)69-24(3)51/h11-15,25,27-30,33-36,38,52,54,61H,10,16-22,49H2,1-9H3,(H,50,59)/t27-,28-,29-,30+,33-,34+,35+,36-,38-,46+,47-,48+/m0/s1. The summed E-state index contributed by atoms with van der Waals surface area (Å²) in [6, 6.07) is 4.96. The lowest BCUT2D eigenvalue weighted by Gasteiger charge is -2.67. The highest BCUT2D eigenvalue weighted by molar-refractivity contribution is 5.94. The summed E-state index contributed by atoms with van der Waals surface area (Å²) in [4.78, 5) is 108. The minimum absolute atomic E-state index is 0.00712. The molecule has 3 saturated carbocycles. The predicted octanol–water partition coefficient (Wildman–Crippen LogP) is 2.24. The van der Waals surface area contributed by atoms with Crippen molar-refractivity contribution in [2.45, 2.75) is 160 Å². The molecule has 0 aromatic heterocycles. The molecule has 4 fully saturated rings. The number of hydrogen-bond donors (Lipinski definition) is 5. The first-order chi connectivity index (χ1) is 32.6. The minimum Gasteiger partial charge on any atom is -0.465 e. The molecule has 70 heavy (non-hydrogen) atoms. The zero-order valence-corrected chi connectivity index (χ0v) is 40.7. The van der Waals surface area contributed by atoms with Crippen molar-refractivity contribution in [1.82, 2.24) is 5.32 Å². The van der Waals surface area contributed by atoms with E-state index in [2.05, 4.69) is 5.32 Å². The van der Waals surface area contributed by atoms with Gasteiger partial charge in [0.25, 0.3) is 0 Å². The molecule has 0 radical (unpaired) electrons. The Balaban J connectivity index is 1.40. The Hall–Kier alpha value is -5.68. The number of Topliss-reactive ketones (excluding diaryl/α,β-unsaturated/α-hetero) is 1. The van der Waals surface area contributed by atoms with Crippen LogP contribution < -0.4 is 11.1 Å². The molecule has 1 aliphatic heterocycles. The highest BCUT2D eigenvalue weighted by Crippen LogP contribution is 2.64. The normalized spacial score (nSPS) is 31.2. The third kappa shape index (κ3) is 10.4. The molecule has 6 N–H and O–H groups in total. The summed E-state index contributed by atoms with van der Waals surface area (Å²) < 4.78 is 49.9. The van der Waals surface area contributed by atoms with E-state index in [1.807, 2.05) is 0 Å². The third-order valence-corrected chi connectivity index (χ3v) is 14.1. The van der Waals surface area contributed by atoms with Crippen molar-refractivity contribution in [3.05, 3.63) is 47.0 Å². The van der Waals surface area contributed by atoms with Crippen molar-refractivity contribution in [3.8, 4) is 0 Å². The average Bonchev–Trinajstić information content (AvgIpc) is 4.11. The second-order valence-electron chi connectivity index (χ2n) is 20.2. The molecule has 1 aromatic rings. The van der Waals surface area contributed by atoms with E-state index in [0.29, 0.717) is 12.8 Å². The summed E-state index contributed by atoms with van der Waals surface area (Å²) in [5, 5.41) is 40.5.